The maximum atomic E-state index is 12.2. The van der Waals surface area contributed by atoms with Gasteiger partial charge in [0.1, 0.15) is 5.69 Å². The summed E-state index contributed by atoms with van der Waals surface area (Å²) >= 11 is 0. The molecule has 1 N–H and O–H groups in total. The molecule has 0 unspecified atom stereocenters. The summed E-state index contributed by atoms with van der Waals surface area (Å²) in [6, 6.07) is 1.07. The van der Waals surface area contributed by atoms with Gasteiger partial charge in [0.05, 0.1) is 19.0 Å². The molecule has 1 saturated heterocycles. The first kappa shape index (κ1) is 18.4. The Morgan fingerprint density at radius 1 is 1.33 bits per heavy atom. The van der Waals surface area contributed by atoms with E-state index in [1.165, 1.54) is 18.4 Å². The normalized spacial score (nSPS) is 19.2. The highest BCUT2D eigenvalue weighted by atomic mass is 32.2. The minimum absolute atomic E-state index is 0.0637. The second-order valence-electron chi connectivity index (χ2n) is 5.59. The highest BCUT2D eigenvalue weighted by Crippen LogP contribution is 2.08. The maximum Gasteiger partial charge on any atom is 0.331 e. The van der Waals surface area contributed by atoms with Crippen molar-refractivity contribution in [2.45, 2.75) is 6.10 Å². The van der Waals surface area contributed by atoms with E-state index in [0.29, 0.717) is 0 Å². The van der Waals surface area contributed by atoms with Crippen molar-refractivity contribution in [1.29, 1.82) is 0 Å². The lowest BCUT2D eigenvalue weighted by Crippen LogP contribution is -2.49. The maximum absolute atomic E-state index is 12.2. The first-order valence-corrected chi connectivity index (χ1v) is 9.08. The molecule has 1 aromatic rings. The fourth-order valence-electron chi connectivity index (χ4n) is 2.36. The first-order chi connectivity index (χ1) is 11.1. The van der Waals surface area contributed by atoms with Crippen LogP contribution in [0.3, 0.4) is 0 Å². The zero-order valence-corrected chi connectivity index (χ0v) is 14.5. The van der Waals surface area contributed by atoms with E-state index in [-0.39, 0.29) is 31.9 Å². The van der Waals surface area contributed by atoms with Crippen LogP contribution in [0.25, 0.3) is 0 Å². The van der Waals surface area contributed by atoms with Crippen molar-refractivity contribution < 1.29 is 17.9 Å². The Labute approximate surface area is 138 Å². The smallest absolute Gasteiger partial charge is 0.331 e. The van der Waals surface area contributed by atoms with Gasteiger partial charge in [-0.25, -0.2) is 13.2 Å². The number of rotatable bonds is 4. The fourth-order valence-corrected chi connectivity index (χ4v) is 3.21. The lowest BCUT2D eigenvalue weighted by atomic mass is 10.3. The fraction of sp³-hybridized carbons (Fsp3) is 0.615. The molecule has 10 nitrogen and oxygen atoms in total. The average Bonchev–Trinajstić information content (AvgIpc) is 2.53. The van der Waals surface area contributed by atoms with Crippen LogP contribution in [0.4, 0.5) is 0 Å². The van der Waals surface area contributed by atoms with Crippen LogP contribution in [0.2, 0.25) is 0 Å². The summed E-state index contributed by atoms with van der Waals surface area (Å²) in [6.07, 6.45) is 0.615. The Morgan fingerprint density at radius 3 is 2.62 bits per heavy atom. The third-order valence-electron chi connectivity index (χ3n) is 3.82. The predicted molar refractivity (Wildman–Crippen MR) is 85.4 cm³/mol. The van der Waals surface area contributed by atoms with Crippen LogP contribution in [-0.2, 0) is 28.9 Å². The molecule has 11 heteroatoms. The molecule has 1 aliphatic rings. The zero-order chi connectivity index (χ0) is 18.1. The van der Waals surface area contributed by atoms with Crippen molar-refractivity contribution in [2.24, 2.45) is 14.1 Å². The van der Waals surface area contributed by atoms with E-state index in [1.807, 2.05) is 0 Å². The molecule has 0 spiro atoms. The van der Waals surface area contributed by atoms with Crippen molar-refractivity contribution >= 4 is 15.9 Å². The van der Waals surface area contributed by atoms with E-state index < -0.39 is 33.3 Å². The molecule has 24 heavy (non-hydrogen) atoms. The molecule has 0 radical (unpaired) electrons. The van der Waals surface area contributed by atoms with Crippen molar-refractivity contribution in [2.75, 3.05) is 32.5 Å². The summed E-state index contributed by atoms with van der Waals surface area (Å²) < 4.78 is 31.8. The Kier molecular flexibility index (Phi) is 5.26. The van der Waals surface area contributed by atoms with Gasteiger partial charge in [-0.1, -0.05) is 0 Å². The van der Waals surface area contributed by atoms with Crippen LogP contribution >= 0.6 is 0 Å². The highest BCUT2D eigenvalue weighted by Gasteiger charge is 2.27. The Balaban J connectivity index is 2.07. The number of nitrogens with zero attached hydrogens (tertiary/aromatic N) is 3. The molecule has 1 fully saturated rings. The van der Waals surface area contributed by atoms with Gasteiger partial charge in [-0.3, -0.25) is 18.7 Å². The molecule has 2 heterocycles. The monoisotopic (exact) mass is 360 g/mol. The standard InChI is InChI=1S/C13H20N4O6S/c1-15-10(6-11(18)16(2)13(15)20)12(19)14-7-9-8-17(4-5-23-9)24(3,21)22/h6,9H,4-5,7-8H2,1-3H3,(H,14,19)/t9-/m0/s1. The number of nitrogens with one attached hydrogen (secondary N) is 1. The van der Waals surface area contributed by atoms with Gasteiger partial charge in [-0.15, -0.1) is 0 Å². The zero-order valence-electron chi connectivity index (χ0n) is 13.7. The lowest BCUT2D eigenvalue weighted by Gasteiger charge is -2.31. The van der Waals surface area contributed by atoms with Crippen molar-refractivity contribution in [3.8, 4) is 0 Å². The SMILES string of the molecule is Cn1c(C(=O)NC[C@H]2CN(S(C)(=O)=O)CCO2)cc(=O)n(C)c1=O. The van der Waals surface area contributed by atoms with Gasteiger partial charge >= 0.3 is 5.69 Å². The Hall–Kier alpha value is -1.98. The largest absolute Gasteiger partial charge is 0.374 e. The summed E-state index contributed by atoms with van der Waals surface area (Å²) in [5.74, 6) is -0.604. The number of aromatic nitrogens is 2. The lowest BCUT2D eigenvalue weighted by molar-refractivity contribution is 0.000386. The molecular formula is C13H20N4O6S. The Morgan fingerprint density at radius 2 is 2.00 bits per heavy atom. The number of hydrogen-bond donors (Lipinski definition) is 1. The van der Waals surface area contributed by atoms with E-state index in [4.69, 9.17) is 4.74 Å². The van der Waals surface area contributed by atoms with Crippen LogP contribution in [0, 0.1) is 0 Å². The van der Waals surface area contributed by atoms with Crippen LogP contribution in [0.15, 0.2) is 15.7 Å². The molecule has 1 atom stereocenters. The van der Waals surface area contributed by atoms with Gasteiger partial charge in [-0.05, 0) is 0 Å². The van der Waals surface area contributed by atoms with E-state index in [2.05, 4.69) is 5.32 Å². The van der Waals surface area contributed by atoms with Crippen LogP contribution in [-0.4, -0.2) is 66.4 Å². The van der Waals surface area contributed by atoms with Crippen LogP contribution < -0.4 is 16.6 Å². The third kappa shape index (κ3) is 3.91. The second-order valence-corrected chi connectivity index (χ2v) is 7.57. The summed E-state index contributed by atoms with van der Waals surface area (Å²) in [4.78, 5) is 35.7. The summed E-state index contributed by atoms with van der Waals surface area (Å²) in [5.41, 5.74) is -1.26. The van der Waals surface area contributed by atoms with Crippen LogP contribution in [0.1, 0.15) is 10.5 Å². The van der Waals surface area contributed by atoms with Crippen molar-refractivity contribution in [1.82, 2.24) is 18.8 Å². The first-order valence-electron chi connectivity index (χ1n) is 7.23. The van der Waals surface area contributed by atoms with E-state index in [0.717, 1.165) is 21.5 Å². The number of ether oxygens (including phenoxy) is 1. The quantitative estimate of drug-likeness (QED) is 0.632. The average molecular weight is 360 g/mol. The number of morpholine rings is 1. The van der Waals surface area contributed by atoms with Gasteiger partial charge in [-0.2, -0.15) is 4.31 Å². The molecule has 0 bridgehead atoms. The van der Waals surface area contributed by atoms with Gasteiger partial charge in [0.25, 0.3) is 11.5 Å². The summed E-state index contributed by atoms with van der Waals surface area (Å²) in [6.45, 7) is 0.702. The van der Waals surface area contributed by atoms with Gasteiger partial charge in [0.2, 0.25) is 10.0 Å². The molecule has 2 rings (SSSR count). The Bertz CT molecular complexity index is 856. The molecule has 1 aromatic heterocycles. The number of hydrogen-bond acceptors (Lipinski definition) is 6. The van der Waals surface area contributed by atoms with E-state index in [1.54, 1.807) is 0 Å². The van der Waals surface area contributed by atoms with Crippen LogP contribution in [0.5, 0.6) is 0 Å². The van der Waals surface area contributed by atoms with Crippen molar-refractivity contribution in [3.63, 3.8) is 0 Å². The predicted octanol–water partition coefficient (Wildman–Crippen LogP) is -2.53. The number of carbonyl (C=O) groups excluding carboxylic acids is 1. The molecule has 134 valence electrons. The summed E-state index contributed by atoms with van der Waals surface area (Å²) in [5, 5.41) is 2.56. The van der Waals surface area contributed by atoms with Gasteiger partial charge < -0.3 is 10.1 Å². The minimum Gasteiger partial charge on any atom is -0.374 e. The highest BCUT2D eigenvalue weighted by molar-refractivity contribution is 7.88. The molecule has 0 aliphatic carbocycles. The molecule has 1 amide bonds. The van der Waals surface area contributed by atoms with Crippen molar-refractivity contribution in [3.05, 3.63) is 32.6 Å². The topological polar surface area (TPSA) is 120 Å². The van der Waals surface area contributed by atoms with E-state index in [9.17, 15) is 22.8 Å². The number of carbonyl (C=O) groups is 1. The molecule has 0 saturated carbocycles. The number of sulfonamides is 1. The number of amides is 1. The minimum atomic E-state index is -3.32. The van der Waals surface area contributed by atoms with E-state index >= 15 is 0 Å². The van der Waals surface area contributed by atoms with Gasteiger partial charge in [0.15, 0.2) is 0 Å². The molecule has 1 aliphatic heterocycles. The second kappa shape index (κ2) is 6.87. The summed E-state index contributed by atoms with van der Waals surface area (Å²) in [7, 11) is -0.612. The third-order valence-corrected chi connectivity index (χ3v) is 5.09. The molecular weight excluding hydrogens is 340 g/mol. The molecule has 0 aromatic carbocycles. The van der Waals surface area contributed by atoms with Gasteiger partial charge in [0, 0.05) is 39.8 Å².